The Balaban J connectivity index is 2.49. The van der Waals surface area contributed by atoms with Crippen molar-refractivity contribution in [2.24, 2.45) is 0 Å². The minimum absolute atomic E-state index is 0.135. The molecule has 0 amide bonds. The molecule has 0 aliphatic rings. The van der Waals surface area contributed by atoms with Crippen LogP contribution in [0.25, 0.3) is 5.69 Å². The number of aromatic nitrogens is 2. The fourth-order valence-electron chi connectivity index (χ4n) is 1.97. The Morgan fingerprint density at radius 3 is 2.65 bits per heavy atom. The van der Waals surface area contributed by atoms with Gasteiger partial charge in [0.05, 0.1) is 25.6 Å². The second-order valence-electron chi connectivity index (χ2n) is 4.72. The lowest BCUT2D eigenvalue weighted by atomic mass is 10.1. The summed E-state index contributed by atoms with van der Waals surface area (Å²) in [4.78, 5) is 11.8. The Bertz CT molecular complexity index is 617. The third-order valence-electron chi connectivity index (χ3n) is 3.01. The Morgan fingerprint density at radius 1 is 1.30 bits per heavy atom. The van der Waals surface area contributed by atoms with Gasteiger partial charge in [0.15, 0.2) is 0 Å². The molecule has 0 aliphatic heterocycles. The van der Waals surface area contributed by atoms with Crippen LogP contribution in [0.4, 0.5) is 0 Å². The number of hydrogen-bond acceptors (Lipinski definition) is 4. The summed E-state index contributed by atoms with van der Waals surface area (Å²) in [7, 11) is 2.98. The first-order chi connectivity index (χ1) is 9.56. The Kier molecular flexibility index (Phi) is 4.08. The zero-order chi connectivity index (χ0) is 14.7. The topological polar surface area (TPSA) is 53.4 Å². The number of benzene rings is 1. The predicted molar refractivity (Wildman–Crippen MR) is 75.5 cm³/mol. The molecule has 0 fully saturated rings. The molecule has 0 bridgehead atoms. The molecule has 2 rings (SSSR count). The number of ether oxygens (including phenoxy) is 2. The molecular weight excluding hydrogens is 256 g/mol. The molecule has 0 radical (unpaired) electrons. The summed E-state index contributed by atoms with van der Waals surface area (Å²) in [6.45, 7) is 3.98. The molecule has 5 nitrogen and oxygen atoms in total. The number of esters is 1. The van der Waals surface area contributed by atoms with Crippen molar-refractivity contribution in [2.75, 3.05) is 14.2 Å². The fraction of sp³-hybridized carbons (Fsp3) is 0.333. The monoisotopic (exact) mass is 274 g/mol. The number of carbonyl (C=O) groups is 1. The highest BCUT2D eigenvalue weighted by atomic mass is 16.5. The molecule has 5 heteroatoms. The third-order valence-corrected chi connectivity index (χ3v) is 3.01. The summed E-state index contributed by atoms with van der Waals surface area (Å²) in [5.41, 5.74) is 2.05. The second kappa shape index (κ2) is 5.77. The molecule has 1 aromatic carbocycles. The highest BCUT2D eigenvalue weighted by molar-refractivity contribution is 5.90. The Labute approximate surface area is 118 Å². The van der Waals surface area contributed by atoms with Gasteiger partial charge in [-0.05, 0) is 18.1 Å². The first kappa shape index (κ1) is 14.1. The van der Waals surface area contributed by atoms with E-state index in [9.17, 15) is 4.79 Å². The van der Waals surface area contributed by atoms with Gasteiger partial charge in [0.1, 0.15) is 11.3 Å². The van der Waals surface area contributed by atoms with Crippen molar-refractivity contribution in [1.29, 1.82) is 0 Å². The van der Waals surface area contributed by atoms with E-state index in [-0.39, 0.29) is 11.9 Å². The van der Waals surface area contributed by atoms with E-state index in [1.54, 1.807) is 18.0 Å². The minimum atomic E-state index is -0.372. The molecule has 0 N–H and O–H groups in total. The van der Waals surface area contributed by atoms with Gasteiger partial charge in [-0.25, -0.2) is 9.48 Å². The number of nitrogens with zero attached hydrogens (tertiary/aromatic N) is 2. The van der Waals surface area contributed by atoms with Crippen LogP contribution in [-0.2, 0) is 4.74 Å². The average Bonchev–Trinajstić information content (AvgIpc) is 2.92. The van der Waals surface area contributed by atoms with Crippen molar-refractivity contribution in [3.8, 4) is 11.4 Å². The molecule has 1 aromatic heterocycles. The van der Waals surface area contributed by atoms with Crippen molar-refractivity contribution in [1.82, 2.24) is 9.78 Å². The molecular formula is C15H18N2O3. The molecule has 0 saturated carbocycles. The third kappa shape index (κ3) is 2.66. The number of hydrogen-bond donors (Lipinski definition) is 0. The fourth-order valence-corrected chi connectivity index (χ4v) is 1.97. The number of methoxy groups -OCH3 is 2. The van der Waals surface area contributed by atoms with Crippen LogP contribution in [-0.4, -0.2) is 30.0 Å². The molecule has 1 heterocycles. The van der Waals surface area contributed by atoms with Crippen LogP contribution in [0.3, 0.4) is 0 Å². The summed E-state index contributed by atoms with van der Waals surface area (Å²) >= 11 is 0. The van der Waals surface area contributed by atoms with Crippen molar-refractivity contribution < 1.29 is 14.3 Å². The van der Waals surface area contributed by atoms with E-state index in [0.717, 1.165) is 17.1 Å². The number of rotatable bonds is 4. The van der Waals surface area contributed by atoms with E-state index in [2.05, 4.69) is 5.10 Å². The van der Waals surface area contributed by atoms with Crippen LogP contribution < -0.4 is 4.74 Å². The second-order valence-corrected chi connectivity index (χ2v) is 4.72. The van der Waals surface area contributed by atoms with Gasteiger partial charge in [-0.2, -0.15) is 5.10 Å². The van der Waals surface area contributed by atoms with Crippen LogP contribution in [0.1, 0.15) is 35.8 Å². The first-order valence-electron chi connectivity index (χ1n) is 6.39. The van der Waals surface area contributed by atoms with E-state index in [1.807, 2.05) is 38.1 Å². The summed E-state index contributed by atoms with van der Waals surface area (Å²) in [6, 6.07) is 7.50. The van der Waals surface area contributed by atoms with E-state index in [4.69, 9.17) is 9.47 Å². The van der Waals surface area contributed by atoms with Crippen LogP contribution in [0.2, 0.25) is 0 Å². The lowest BCUT2D eigenvalue weighted by Gasteiger charge is -2.04. The molecule has 20 heavy (non-hydrogen) atoms. The molecule has 0 unspecified atom stereocenters. The van der Waals surface area contributed by atoms with Gasteiger partial charge in [-0.3, -0.25) is 0 Å². The van der Waals surface area contributed by atoms with Gasteiger partial charge in [-0.15, -0.1) is 0 Å². The SMILES string of the molecule is COC(=O)c1cn(-c2cccc(OC)c2)nc1C(C)C. The van der Waals surface area contributed by atoms with Gasteiger partial charge >= 0.3 is 5.97 Å². The van der Waals surface area contributed by atoms with Crippen LogP contribution >= 0.6 is 0 Å². The summed E-state index contributed by atoms with van der Waals surface area (Å²) in [5.74, 6) is 0.502. The van der Waals surface area contributed by atoms with E-state index < -0.39 is 0 Å². The predicted octanol–water partition coefficient (Wildman–Crippen LogP) is 2.79. The molecule has 0 atom stereocenters. The Hall–Kier alpha value is -2.30. The maximum atomic E-state index is 11.8. The lowest BCUT2D eigenvalue weighted by Crippen LogP contribution is -2.04. The maximum absolute atomic E-state index is 11.8. The zero-order valence-electron chi connectivity index (χ0n) is 12.1. The van der Waals surface area contributed by atoms with Crippen LogP contribution in [0, 0.1) is 0 Å². The summed E-state index contributed by atoms with van der Waals surface area (Å²) in [5, 5.41) is 4.48. The average molecular weight is 274 g/mol. The Morgan fingerprint density at radius 2 is 2.05 bits per heavy atom. The maximum Gasteiger partial charge on any atom is 0.341 e. The lowest BCUT2D eigenvalue weighted by molar-refractivity contribution is 0.0599. The molecule has 0 aliphatic carbocycles. The van der Waals surface area contributed by atoms with Crippen LogP contribution in [0.15, 0.2) is 30.5 Å². The van der Waals surface area contributed by atoms with Crippen molar-refractivity contribution in [3.63, 3.8) is 0 Å². The highest BCUT2D eigenvalue weighted by Gasteiger charge is 2.19. The molecule has 0 saturated heterocycles. The molecule has 0 spiro atoms. The van der Waals surface area contributed by atoms with Crippen molar-refractivity contribution in [2.45, 2.75) is 19.8 Å². The minimum Gasteiger partial charge on any atom is -0.497 e. The first-order valence-corrected chi connectivity index (χ1v) is 6.39. The standard InChI is InChI=1S/C15H18N2O3/c1-10(2)14-13(15(18)20-4)9-17(16-14)11-6-5-7-12(8-11)19-3/h5-10H,1-4H3. The van der Waals surface area contributed by atoms with Gasteiger partial charge < -0.3 is 9.47 Å². The highest BCUT2D eigenvalue weighted by Crippen LogP contribution is 2.22. The molecule has 106 valence electrons. The number of carbonyl (C=O) groups excluding carboxylic acids is 1. The van der Waals surface area contributed by atoms with Crippen molar-refractivity contribution in [3.05, 3.63) is 41.7 Å². The van der Waals surface area contributed by atoms with Gasteiger partial charge in [0.2, 0.25) is 0 Å². The van der Waals surface area contributed by atoms with E-state index in [1.165, 1.54) is 7.11 Å². The van der Waals surface area contributed by atoms with Gasteiger partial charge in [0.25, 0.3) is 0 Å². The largest absolute Gasteiger partial charge is 0.497 e. The normalized spacial score (nSPS) is 10.7. The van der Waals surface area contributed by atoms with Crippen molar-refractivity contribution >= 4 is 5.97 Å². The van der Waals surface area contributed by atoms with E-state index >= 15 is 0 Å². The smallest absolute Gasteiger partial charge is 0.341 e. The van der Waals surface area contributed by atoms with E-state index in [0.29, 0.717) is 5.56 Å². The summed E-state index contributed by atoms with van der Waals surface area (Å²) in [6.07, 6.45) is 1.69. The summed E-state index contributed by atoms with van der Waals surface area (Å²) < 4.78 is 11.7. The quantitative estimate of drug-likeness (QED) is 0.804. The van der Waals surface area contributed by atoms with Crippen LogP contribution in [0.5, 0.6) is 5.75 Å². The van der Waals surface area contributed by atoms with Gasteiger partial charge in [-0.1, -0.05) is 19.9 Å². The molecule has 2 aromatic rings. The zero-order valence-corrected chi connectivity index (χ0v) is 12.1. The van der Waals surface area contributed by atoms with Gasteiger partial charge in [0, 0.05) is 12.3 Å².